The molecule has 0 unspecified atom stereocenters. The van der Waals surface area contributed by atoms with Gasteiger partial charge in [-0.25, -0.2) is 0 Å². The normalized spacial score (nSPS) is 11.2. The van der Waals surface area contributed by atoms with Crippen molar-refractivity contribution in [1.82, 2.24) is 0 Å². The molecule has 0 aliphatic rings. The van der Waals surface area contributed by atoms with Crippen LogP contribution in [0.15, 0.2) is 36.4 Å². The minimum absolute atomic E-state index is 0.865. The van der Waals surface area contributed by atoms with Crippen LogP contribution in [0.2, 0.25) is 0 Å². The minimum Gasteiger partial charge on any atom is -0.140 e. The SMILES string of the molecule is C#Cc1c(-c2ccc(CCCCCCCCCCCCCC)s2)ccc(-c2ccc(CCCCCCCCCCCCCC)s2)c1C#C. The van der Waals surface area contributed by atoms with E-state index in [0.29, 0.717) is 0 Å². The summed E-state index contributed by atoms with van der Waals surface area (Å²) in [6.07, 6.45) is 47.9. The maximum absolute atomic E-state index is 6.13. The van der Waals surface area contributed by atoms with Crippen LogP contribution in [0.25, 0.3) is 20.9 Å². The standard InChI is InChI=1S/C46H66S2/c1-5-9-11-13-15-17-19-21-23-25-27-29-31-39-33-37-45(47-39)43-35-36-44(42(8-4)41(43)7-3)46-38-34-40(48-46)32-30-28-26-24-22-20-18-16-14-12-10-6-2/h3-4,33-38H,5-6,9-32H2,1-2H3. The number of hydrogen-bond acceptors (Lipinski definition) is 2. The molecule has 262 valence electrons. The first-order chi connectivity index (χ1) is 23.7. The predicted octanol–water partition coefficient (Wildman–Crippen LogP) is 15.6. The van der Waals surface area contributed by atoms with Crippen LogP contribution in [0, 0.1) is 24.7 Å². The van der Waals surface area contributed by atoms with Gasteiger partial charge in [0.2, 0.25) is 0 Å². The van der Waals surface area contributed by atoms with Crippen molar-refractivity contribution in [2.45, 2.75) is 181 Å². The summed E-state index contributed by atoms with van der Waals surface area (Å²) in [6.45, 7) is 4.58. The zero-order valence-corrected chi connectivity index (χ0v) is 32.5. The second-order valence-electron chi connectivity index (χ2n) is 14.0. The Hall–Kier alpha value is -2.26. The van der Waals surface area contributed by atoms with Crippen LogP contribution in [0.5, 0.6) is 0 Å². The van der Waals surface area contributed by atoms with E-state index in [0.717, 1.165) is 35.1 Å². The molecule has 0 spiro atoms. The van der Waals surface area contributed by atoms with E-state index in [4.69, 9.17) is 12.8 Å². The van der Waals surface area contributed by atoms with Gasteiger partial charge in [0.05, 0.1) is 0 Å². The Morgan fingerprint density at radius 3 is 0.979 bits per heavy atom. The average molecular weight is 683 g/mol. The molecule has 0 nitrogen and oxygen atoms in total. The lowest BCUT2D eigenvalue weighted by Crippen LogP contribution is -1.92. The highest BCUT2D eigenvalue weighted by Crippen LogP contribution is 2.38. The molecule has 0 amide bonds. The number of aryl methyl sites for hydroxylation is 2. The van der Waals surface area contributed by atoms with Crippen molar-refractivity contribution in [1.29, 1.82) is 0 Å². The van der Waals surface area contributed by atoms with Gasteiger partial charge in [-0.15, -0.1) is 35.5 Å². The van der Waals surface area contributed by atoms with E-state index >= 15 is 0 Å². The maximum atomic E-state index is 6.13. The smallest absolute Gasteiger partial charge is 0.0492 e. The lowest BCUT2D eigenvalue weighted by Gasteiger charge is -2.10. The van der Waals surface area contributed by atoms with Gasteiger partial charge >= 0.3 is 0 Å². The molecule has 3 rings (SSSR count). The van der Waals surface area contributed by atoms with Crippen LogP contribution in [-0.4, -0.2) is 0 Å². The van der Waals surface area contributed by atoms with Gasteiger partial charge in [0.25, 0.3) is 0 Å². The molecule has 3 aromatic rings. The lowest BCUT2D eigenvalue weighted by molar-refractivity contribution is 0.544. The third-order valence-corrected chi connectivity index (χ3v) is 12.3. The summed E-state index contributed by atoms with van der Waals surface area (Å²) in [5, 5.41) is 0. The molecule has 0 saturated heterocycles. The van der Waals surface area contributed by atoms with Crippen molar-refractivity contribution >= 4 is 22.7 Å². The summed E-state index contributed by atoms with van der Waals surface area (Å²) in [7, 11) is 0. The second kappa shape index (κ2) is 25.7. The van der Waals surface area contributed by atoms with Crippen LogP contribution in [0.4, 0.5) is 0 Å². The quantitative estimate of drug-likeness (QED) is 0.0528. The molecular formula is C46H66S2. The Bertz CT molecular complexity index is 1240. The number of rotatable bonds is 28. The summed E-state index contributed by atoms with van der Waals surface area (Å²) in [6, 6.07) is 13.5. The molecule has 0 N–H and O–H groups in total. The number of benzene rings is 1. The summed E-state index contributed by atoms with van der Waals surface area (Å²) >= 11 is 3.77. The first-order valence-corrected chi connectivity index (χ1v) is 21.6. The number of thiophene rings is 2. The number of unbranched alkanes of at least 4 members (excludes halogenated alkanes) is 22. The van der Waals surface area contributed by atoms with Gasteiger partial charge < -0.3 is 0 Å². The maximum Gasteiger partial charge on any atom is 0.0492 e. The van der Waals surface area contributed by atoms with Crippen molar-refractivity contribution in [2.75, 3.05) is 0 Å². The van der Waals surface area contributed by atoms with E-state index < -0.39 is 0 Å². The molecule has 0 bridgehead atoms. The second-order valence-corrected chi connectivity index (χ2v) is 16.3. The molecule has 48 heavy (non-hydrogen) atoms. The van der Waals surface area contributed by atoms with Crippen LogP contribution in [0.3, 0.4) is 0 Å². The number of terminal acetylenes is 2. The molecule has 0 aliphatic carbocycles. The molecule has 0 atom stereocenters. The third-order valence-electron chi connectivity index (χ3n) is 9.90. The molecule has 0 radical (unpaired) electrons. The molecule has 2 heteroatoms. The third kappa shape index (κ3) is 15.1. The molecule has 1 aromatic carbocycles. The van der Waals surface area contributed by atoms with Gasteiger partial charge in [0.1, 0.15) is 0 Å². The van der Waals surface area contributed by atoms with E-state index in [2.05, 4.69) is 62.1 Å². The molecule has 0 aliphatic heterocycles. The zero-order chi connectivity index (χ0) is 34.1. The Balaban J connectivity index is 1.40. The topological polar surface area (TPSA) is 0 Å². The predicted molar refractivity (Wildman–Crippen MR) is 219 cm³/mol. The zero-order valence-electron chi connectivity index (χ0n) is 30.8. The first-order valence-electron chi connectivity index (χ1n) is 20.0. The minimum atomic E-state index is 0.865. The van der Waals surface area contributed by atoms with E-state index in [9.17, 15) is 0 Å². The van der Waals surface area contributed by atoms with Crippen molar-refractivity contribution in [3.8, 4) is 45.6 Å². The Labute approximate surface area is 305 Å². The summed E-state index contributed by atoms with van der Waals surface area (Å²) in [5.74, 6) is 5.96. The van der Waals surface area contributed by atoms with Gasteiger partial charge in [0, 0.05) is 41.8 Å². The molecule has 0 fully saturated rings. The molecule has 2 heterocycles. The van der Waals surface area contributed by atoms with Crippen LogP contribution in [-0.2, 0) is 12.8 Å². The fraction of sp³-hybridized carbons (Fsp3) is 0.609. The van der Waals surface area contributed by atoms with Crippen molar-refractivity contribution < 1.29 is 0 Å². The highest BCUT2D eigenvalue weighted by atomic mass is 32.1. The Kier molecular flexibility index (Phi) is 21.5. The molecule has 2 aromatic heterocycles. The van der Waals surface area contributed by atoms with Gasteiger partial charge in [-0.3, -0.25) is 0 Å². The highest BCUT2D eigenvalue weighted by molar-refractivity contribution is 7.15. The van der Waals surface area contributed by atoms with Crippen LogP contribution in [0.1, 0.15) is 189 Å². The molecular weight excluding hydrogens is 617 g/mol. The fourth-order valence-electron chi connectivity index (χ4n) is 6.91. The largest absolute Gasteiger partial charge is 0.140 e. The summed E-state index contributed by atoms with van der Waals surface area (Å²) < 4.78 is 0. The highest BCUT2D eigenvalue weighted by Gasteiger charge is 2.16. The monoisotopic (exact) mass is 682 g/mol. The van der Waals surface area contributed by atoms with Crippen molar-refractivity contribution in [2.24, 2.45) is 0 Å². The first kappa shape index (κ1) is 40.2. The summed E-state index contributed by atoms with van der Waals surface area (Å²) in [5.41, 5.74) is 3.94. The van der Waals surface area contributed by atoms with Crippen LogP contribution >= 0.6 is 22.7 Å². The van der Waals surface area contributed by atoms with Crippen molar-refractivity contribution in [3.05, 3.63) is 57.3 Å². The Morgan fingerprint density at radius 2 is 0.688 bits per heavy atom. The molecule has 0 saturated carbocycles. The van der Waals surface area contributed by atoms with E-state index in [1.54, 1.807) is 0 Å². The van der Waals surface area contributed by atoms with Crippen molar-refractivity contribution in [3.63, 3.8) is 0 Å². The van der Waals surface area contributed by atoms with Gasteiger partial charge in [0.15, 0.2) is 0 Å². The average Bonchev–Trinajstić information content (AvgIpc) is 3.78. The van der Waals surface area contributed by atoms with E-state index in [1.807, 2.05) is 22.7 Å². The number of hydrogen-bond donors (Lipinski definition) is 0. The van der Waals surface area contributed by atoms with E-state index in [-0.39, 0.29) is 0 Å². The summed E-state index contributed by atoms with van der Waals surface area (Å²) in [4.78, 5) is 5.37. The fourth-order valence-corrected chi connectivity index (χ4v) is 9.07. The van der Waals surface area contributed by atoms with Gasteiger partial charge in [-0.05, 0) is 49.9 Å². The Morgan fingerprint density at radius 1 is 0.396 bits per heavy atom. The lowest BCUT2D eigenvalue weighted by atomic mass is 9.95. The van der Waals surface area contributed by atoms with E-state index in [1.165, 1.54) is 174 Å². The van der Waals surface area contributed by atoms with Gasteiger partial charge in [-0.1, -0.05) is 179 Å². The van der Waals surface area contributed by atoms with Gasteiger partial charge in [-0.2, -0.15) is 0 Å². The van der Waals surface area contributed by atoms with Crippen LogP contribution < -0.4 is 0 Å².